The lowest BCUT2D eigenvalue weighted by atomic mass is 10.2. The van der Waals surface area contributed by atoms with Gasteiger partial charge in [-0.05, 0) is 30.3 Å². The van der Waals surface area contributed by atoms with E-state index in [0.29, 0.717) is 28.4 Å². The molecule has 0 spiro atoms. The van der Waals surface area contributed by atoms with Crippen molar-refractivity contribution in [3.63, 3.8) is 0 Å². The Morgan fingerprint density at radius 1 is 1.20 bits per heavy atom. The monoisotopic (exact) mass is 341 g/mol. The van der Waals surface area contributed by atoms with Crippen LogP contribution in [0.1, 0.15) is 15.9 Å². The molecule has 0 unspecified atom stereocenters. The Morgan fingerprint density at radius 3 is 2.84 bits per heavy atom. The van der Waals surface area contributed by atoms with Gasteiger partial charge in [-0.25, -0.2) is 5.43 Å². The van der Waals surface area contributed by atoms with Crippen molar-refractivity contribution in [3.8, 4) is 17.2 Å². The zero-order chi connectivity index (χ0) is 17.6. The summed E-state index contributed by atoms with van der Waals surface area (Å²) in [6.45, 7) is -0.449. The lowest BCUT2D eigenvalue weighted by Gasteiger charge is -2.09. The molecule has 0 saturated carbocycles. The van der Waals surface area contributed by atoms with E-state index in [1.165, 1.54) is 6.21 Å². The number of para-hydroxylation sites is 1. The van der Waals surface area contributed by atoms with Crippen LogP contribution in [0.15, 0.2) is 47.6 Å². The number of aliphatic carboxylic acids is 1. The van der Waals surface area contributed by atoms with Crippen LogP contribution in [0.2, 0.25) is 0 Å². The fourth-order valence-corrected chi connectivity index (χ4v) is 2.12. The van der Waals surface area contributed by atoms with Crippen LogP contribution in [-0.2, 0) is 4.79 Å². The van der Waals surface area contributed by atoms with Gasteiger partial charge in [0.15, 0.2) is 11.5 Å². The van der Waals surface area contributed by atoms with E-state index in [-0.39, 0.29) is 6.79 Å². The predicted octanol–water partition coefficient (Wildman–Crippen LogP) is 0.308. The normalized spacial score (nSPS) is 12.2. The number of hydrogen-bond donors (Lipinski definition) is 1. The molecule has 0 atom stereocenters. The lowest BCUT2D eigenvalue weighted by molar-refractivity contribution is -0.307. The Bertz CT molecular complexity index is 834. The van der Waals surface area contributed by atoms with Crippen molar-refractivity contribution in [2.24, 2.45) is 5.10 Å². The largest absolute Gasteiger partial charge is 0.546 e. The van der Waals surface area contributed by atoms with Crippen LogP contribution in [0.5, 0.6) is 17.2 Å². The number of rotatable bonds is 6. The van der Waals surface area contributed by atoms with Crippen molar-refractivity contribution >= 4 is 18.1 Å². The van der Waals surface area contributed by atoms with E-state index in [4.69, 9.17) is 14.2 Å². The molecule has 1 heterocycles. The first kappa shape index (κ1) is 16.3. The van der Waals surface area contributed by atoms with Gasteiger partial charge in [-0.1, -0.05) is 12.1 Å². The molecule has 0 aromatic heterocycles. The van der Waals surface area contributed by atoms with Crippen LogP contribution < -0.4 is 24.7 Å². The maximum absolute atomic E-state index is 12.1. The number of hydrogen-bond acceptors (Lipinski definition) is 7. The van der Waals surface area contributed by atoms with E-state index in [1.807, 2.05) is 0 Å². The lowest BCUT2D eigenvalue weighted by Crippen LogP contribution is -2.29. The average Bonchev–Trinajstić information content (AvgIpc) is 3.08. The van der Waals surface area contributed by atoms with Gasteiger partial charge in [-0.15, -0.1) is 0 Å². The van der Waals surface area contributed by atoms with E-state index in [9.17, 15) is 14.7 Å². The number of fused-ring (bicyclic) bond motifs is 1. The van der Waals surface area contributed by atoms with E-state index < -0.39 is 18.5 Å². The molecule has 25 heavy (non-hydrogen) atoms. The SMILES string of the molecule is O=C([O-])COc1ccccc1/C=N/NC(=O)c1ccc2c(c1)OCO2. The summed E-state index contributed by atoms with van der Waals surface area (Å²) in [5.74, 6) is -0.366. The minimum atomic E-state index is -1.33. The van der Waals surface area contributed by atoms with Crippen molar-refractivity contribution < 1.29 is 28.9 Å². The minimum absolute atomic E-state index is 0.126. The molecule has 128 valence electrons. The zero-order valence-corrected chi connectivity index (χ0v) is 12.9. The molecular formula is C17H13N2O6-. The number of carboxylic acids is 1. The molecule has 8 heteroatoms. The Hall–Kier alpha value is -3.55. The topological polar surface area (TPSA) is 109 Å². The molecular weight excluding hydrogens is 328 g/mol. The quantitative estimate of drug-likeness (QED) is 0.598. The fourth-order valence-electron chi connectivity index (χ4n) is 2.12. The number of amides is 1. The second-order valence-electron chi connectivity index (χ2n) is 4.97. The first-order chi connectivity index (χ1) is 12.1. The Morgan fingerprint density at radius 2 is 2.00 bits per heavy atom. The molecule has 0 aliphatic carbocycles. The van der Waals surface area contributed by atoms with Crippen LogP contribution in [-0.4, -0.2) is 31.5 Å². The Labute approximate surface area is 142 Å². The molecule has 0 bridgehead atoms. The number of carbonyl (C=O) groups excluding carboxylic acids is 2. The second-order valence-corrected chi connectivity index (χ2v) is 4.97. The fraction of sp³-hybridized carbons (Fsp3) is 0.118. The molecule has 2 aromatic rings. The van der Waals surface area contributed by atoms with Gasteiger partial charge in [0.25, 0.3) is 5.91 Å². The molecule has 0 radical (unpaired) electrons. The molecule has 8 nitrogen and oxygen atoms in total. The summed E-state index contributed by atoms with van der Waals surface area (Å²) < 4.78 is 15.5. The third-order valence-corrected chi connectivity index (χ3v) is 3.27. The van der Waals surface area contributed by atoms with E-state index in [2.05, 4.69) is 10.5 Å². The molecule has 1 amide bonds. The second kappa shape index (κ2) is 7.35. The van der Waals surface area contributed by atoms with E-state index >= 15 is 0 Å². The van der Waals surface area contributed by atoms with Crippen LogP contribution in [0, 0.1) is 0 Å². The summed E-state index contributed by atoms with van der Waals surface area (Å²) in [5.41, 5.74) is 3.25. The van der Waals surface area contributed by atoms with E-state index in [0.717, 1.165) is 0 Å². The molecule has 1 N–H and O–H groups in total. The zero-order valence-electron chi connectivity index (χ0n) is 12.9. The van der Waals surface area contributed by atoms with Gasteiger partial charge in [0.2, 0.25) is 6.79 Å². The first-order valence-electron chi connectivity index (χ1n) is 7.28. The number of carbonyl (C=O) groups is 2. The molecule has 2 aromatic carbocycles. The molecule has 1 aliphatic heterocycles. The molecule has 0 fully saturated rings. The number of carboxylic acid groups (broad SMARTS) is 1. The van der Waals surface area contributed by atoms with Gasteiger partial charge in [-0.2, -0.15) is 5.10 Å². The third-order valence-electron chi connectivity index (χ3n) is 3.27. The van der Waals surface area contributed by atoms with Crippen LogP contribution in [0.3, 0.4) is 0 Å². The van der Waals surface area contributed by atoms with Crippen molar-refractivity contribution in [1.29, 1.82) is 0 Å². The van der Waals surface area contributed by atoms with Gasteiger partial charge in [0, 0.05) is 11.1 Å². The highest BCUT2D eigenvalue weighted by atomic mass is 16.7. The van der Waals surface area contributed by atoms with Crippen molar-refractivity contribution in [3.05, 3.63) is 53.6 Å². The maximum Gasteiger partial charge on any atom is 0.271 e. The smallest absolute Gasteiger partial charge is 0.271 e. The average molecular weight is 341 g/mol. The van der Waals surface area contributed by atoms with Gasteiger partial charge in [0.05, 0.1) is 12.2 Å². The highest BCUT2D eigenvalue weighted by Crippen LogP contribution is 2.32. The number of nitrogens with one attached hydrogen (secondary N) is 1. The summed E-state index contributed by atoms with van der Waals surface area (Å²) in [6, 6.07) is 11.5. The van der Waals surface area contributed by atoms with Crippen molar-refractivity contribution in [2.75, 3.05) is 13.4 Å². The summed E-state index contributed by atoms with van der Waals surface area (Å²) in [5, 5.41) is 14.3. The molecule has 0 saturated heterocycles. The van der Waals surface area contributed by atoms with Crippen LogP contribution in [0.25, 0.3) is 0 Å². The summed E-state index contributed by atoms with van der Waals surface area (Å²) in [6.07, 6.45) is 1.36. The van der Waals surface area contributed by atoms with Crippen LogP contribution in [0.4, 0.5) is 0 Å². The van der Waals surface area contributed by atoms with Crippen molar-refractivity contribution in [1.82, 2.24) is 5.43 Å². The summed E-state index contributed by atoms with van der Waals surface area (Å²) in [7, 11) is 0. The standard InChI is InChI=1S/C17H14N2O6/c20-16(21)9-23-13-4-2-1-3-12(13)8-18-19-17(22)11-5-6-14-15(7-11)25-10-24-14/h1-8H,9-10H2,(H,19,22)(H,20,21)/p-1/b18-8+. The number of nitrogens with zero attached hydrogens (tertiary/aromatic N) is 1. The summed E-state index contributed by atoms with van der Waals surface area (Å²) in [4.78, 5) is 22.6. The number of hydrazone groups is 1. The Kier molecular flexibility index (Phi) is 4.79. The number of ether oxygens (including phenoxy) is 3. The predicted molar refractivity (Wildman–Crippen MR) is 84.6 cm³/mol. The van der Waals surface area contributed by atoms with Gasteiger partial charge < -0.3 is 24.1 Å². The van der Waals surface area contributed by atoms with Gasteiger partial charge in [-0.3, -0.25) is 4.79 Å². The third kappa shape index (κ3) is 4.05. The highest BCUT2D eigenvalue weighted by molar-refractivity contribution is 5.95. The maximum atomic E-state index is 12.1. The molecule has 3 rings (SSSR count). The Balaban J connectivity index is 1.65. The highest BCUT2D eigenvalue weighted by Gasteiger charge is 2.15. The van der Waals surface area contributed by atoms with Gasteiger partial charge >= 0.3 is 0 Å². The van der Waals surface area contributed by atoms with E-state index in [1.54, 1.807) is 42.5 Å². The molecule has 1 aliphatic rings. The minimum Gasteiger partial charge on any atom is -0.546 e. The van der Waals surface area contributed by atoms with Crippen LogP contribution >= 0.6 is 0 Å². The summed E-state index contributed by atoms with van der Waals surface area (Å²) >= 11 is 0. The first-order valence-corrected chi connectivity index (χ1v) is 7.28. The van der Waals surface area contributed by atoms with Crippen molar-refractivity contribution in [2.45, 2.75) is 0 Å². The van der Waals surface area contributed by atoms with Gasteiger partial charge in [0.1, 0.15) is 12.4 Å². The number of benzene rings is 2.